The summed E-state index contributed by atoms with van der Waals surface area (Å²) in [6.45, 7) is 4.63. The maximum Gasteiger partial charge on any atom is 0.255 e. The second-order valence-electron chi connectivity index (χ2n) is 8.05. The van der Waals surface area contributed by atoms with E-state index in [1.54, 1.807) is 32.2 Å². The lowest BCUT2D eigenvalue weighted by molar-refractivity contribution is -0.116. The van der Waals surface area contributed by atoms with Crippen molar-refractivity contribution in [3.05, 3.63) is 70.6 Å². The van der Waals surface area contributed by atoms with Gasteiger partial charge in [-0.05, 0) is 31.2 Å². The molecule has 1 aliphatic heterocycles. The van der Waals surface area contributed by atoms with Crippen LogP contribution in [0.15, 0.2) is 59.4 Å². The van der Waals surface area contributed by atoms with Crippen LogP contribution in [0.3, 0.4) is 0 Å². The molecule has 9 nitrogen and oxygen atoms in total. The molecule has 3 aromatic rings. The minimum absolute atomic E-state index is 0.144. The van der Waals surface area contributed by atoms with Gasteiger partial charge < -0.3 is 24.6 Å². The SMILES string of the molecule is COc1ccc(NC(=O)Cn2c(N3CCN(c4ccccc4)CC3)nc(C)cc2=O)cc1OC. The molecular formula is C25H29N5O4. The van der Waals surface area contributed by atoms with Gasteiger partial charge in [0.1, 0.15) is 6.54 Å². The largest absolute Gasteiger partial charge is 0.493 e. The van der Waals surface area contributed by atoms with E-state index in [0.29, 0.717) is 41.9 Å². The van der Waals surface area contributed by atoms with Gasteiger partial charge in [-0.2, -0.15) is 0 Å². The highest BCUT2D eigenvalue weighted by molar-refractivity contribution is 5.91. The molecule has 1 saturated heterocycles. The third kappa shape index (κ3) is 5.14. The summed E-state index contributed by atoms with van der Waals surface area (Å²) in [5.41, 5.74) is 2.09. The molecule has 178 valence electrons. The standard InChI is InChI=1S/C25H29N5O4/c1-18-15-24(32)30(17-23(31)27-19-9-10-21(33-2)22(16-19)34-3)25(26-18)29-13-11-28(12-14-29)20-7-5-4-6-8-20/h4-10,15-16H,11-14,17H2,1-3H3,(H,27,31). The van der Waals surface area contributed by atoms with E-state index in [2.05, 4.69) is 32.2 Å². The molecule has 2 heterocycles. The first kappa shape index (κ1) is 23.2. The molecule has 0 aliphatic carbocycles. The van der Waals surface area contributed by atoms with Gasteiger partial charge >= 0.3 is 0 Å². The van der Waals surface area contributed by atoms with Gasteiger partial charge in [0.15, 0.2) is 11.5 Å². The molecule has 1 amide bonds. The molecule has 0 bridgehead atoms. The van der Waals surface area contributed by atoms with E-state index in [0.717, 1.165) is 13.1 Å². The number of nitrogens with zero attached hydrogens (tertiary/aromatic N) is 4. The molecule has 2 aromatic carbocycles. The van der Waals surface area contributed by atoms with Crippen LogP contribution in [0.2, 0.25) is 0 Å². The number of carbonyl (C=O) groups is 1. The summed E-state index contributed by atoms with van der Waals surface area (Å²) in [7, 11) is 3.08. The lowest BCUT2D eigenvalue weighted by atomic mass is 10.2. The van der Waals surface area contributed by atoms with Crippen LogP contribution in [0.4, 0.5) is 17.3 Å². The number of ether oxygens (including phenoxy) is 2. The van der Waals surface area contributed by atoms with Gasteiger partial charge in [0, 0.05) is 55.4 Å². The second-order valence-corrected chi connectivity index (χ2v) is 8.05. The summed E-state index contributed by atoms with van der Waals surface area (Å²) < 4.78 is 12.0. The number of aryl methyl sites for hydroxylation is 1. The number of amides is 1. The summed E-state index contributed by atoms with van der Waals surface area (Å²) in [6, 6.07) is 16.8. The van der Waals surface area contributed by atoms with Crippen molar-refractivity contribution in [1.29, 1.82) is 0 Å². The van der Waals surface area contributed by atoms with Crippen molar-refractivity contribution in [3.8, 4) is 11.5 Å². The lowest BCUT2D eigenvalue weighted by Gasteiger charge is -2.37. The number of methoxy groups -OCH3 is 2. The van der Waals surface area contributed by atoms with Crippen molar-refractivity contribution in [3.63, 3.8) is 0 Å². The fourth-order valence-corrected chi connectivity index (χ4v) is 4.06. The predicted octanol–water partition coefficient (Wildman–Crippen LogP) is 2.53. The van der Waals surface area contributed by atoms with Crippen LogP contribution in [-0.4, -0.2) is 55.9 Å². The fourth-order valence-electron chi connectivity index (χ4n) is 4.06. The maximum absolute atomic E-state index is 12.8. The van der Waals surface area contributed by atoms with Crippen LogP contribution in [0.25, 0.3) is 0 Å². The molecule has 1 aliphatic rings. The van der Waals surface area contributed by atoms with Gasteiger partial charge in [0.05, 0.1) is 14.2 Å². The van der Waals surface area contributed by atoms with Crippen molar-refractivity contribution >= 4 is 23.2 Å². The van der Waals surface area contributed by atoms with Gasteiger partial charge in [-0.15, -0.1) is 0 Å². The van der Waals surface area contributed by atoms with Gasteiger partial charge in [-0.3, -0.25) is 14.2 Å². The number of rotatable bonds is 7. The van der Waals surface area contributed by atoms with Gasteiger partial charge in [-0.25, -0.2) is 4.98 Å². The second kappa shape index (κ2) is 10.3. The van der Waals surface area contributed by atoms with Crippen LogP contribution in [0.1, 0.15) is 5.69 Å². The Morgan fingerprint density at radius 3 is 2.29 bits per heavy atom. The molecule has 4 rings (SSSR count). The molecule has 1 N–H and O–H groups in total. The van der Waals surface area contributed by atoms with E-state index in [1.807, 2.05) is 18.2 Å². The number of aromatic nitrogens is 2. The Morgan fingerprint density at radius 2 is 1.62 bits per heavy atom. The first-order chi connectivity index (χ1) is 16.5. The Labute approximate surface area is 198 Å². The number of benzene rings is 2. The zero-order valence-electron chi connectivity index (χ0n) is 19.7. The molecule has 0 radical (unpaired) electrons. The quantitative estimate of drug-likeness (QED) is 0.576. The number of para-hydroxylation sites is 1. The Bertz CT molecular complexity index is 1200. The average molecular weight is 464 g/mol. The summed E-state index contributed by atoms with van der Waals surface area (Å²) in [5, 5.41) is 2.83. The molecular weight excluding hydrogens is 434 g/mol. The summed E-state index contributed by atoms with van der Waals surface area (Å²) in [5.74, 6) is 1.26. The van der Waals surface area contributed by atoms with Crippen molar-refractivity contribution in [2.45, 2.75) is 13.5 Å². The van der Waals surface area contributed by atoms with Crippen LogP contribution >= 0.6 is 0 Å². The van der Waals surface area contributed by atoms with Gasteiger partial charge in [-0.1, -0.05) is 18.2 Å². The topological polar surface area (TPSA) is 88.9 Å². The number of anilines is 3. The minimum atomic E-state index is -0.329. The minimum Gasteiger partial charge on any atom is -0.493 e. The van der Waals surface area contributed by atoms with Crippen molar-refractivity contribution in [2.24, 2.45) is 0 Å². The fraction of sp³-hybridized carbons (Fsp3) is 0.320. The van der Waals surface area contributed by atoms with E-state index in [9.17, 15) is 9.59 Å². The Balaban J connectivity index is 1.50. The van der Waals surface area contributed by atoms with Crippen molar-refractivity contribution < 1.29 is 14.3 Å². The number of piperazine rings is 1. The molecule has 0 atom stereocenters. The first-order valence-electron chi connectivity index (χ1n) is 11.1. The van der Waals surface area contributed by atoms with E-state index in [1.165, 1.54) is 23.4 Å². The average Bonchev–Trinajstić information content (AvgIpc) is 2.86. The predicted molar refractivity (Wildman–Crippen MR) is 132 cm³/mol. The van der Waals surface area contributed by atoms with E-state index >= 15 is 0 Å². The normalized spacial score (nSPS) is 13.5. The molecule has 9 heteroatoms. The van der Waals surface area contributed by atoms with Crippen LogP contribution in [0, 0.1) is 6.92 Å². The van der Waals surface area contributed by atoms with Crippen LogP contribution < -0.4 is 30.1 Å². The summed E-state index contributed by atoms with van der Waals surface area (Å²) in [6.07, 6.45) is 0. The van der Waals surface area contributed by atoms with Gasteiger partial charge in [0.2, 0.25) is 11.9 Å². The van der Waals surface area contributed by atoms with E-state index in [-0.39, 0.29) is 18.0 Å². The zero-order chi connectivity index (χ0) is 24.1. The summed E-state index contributed by atoms with van der Waals surface area (Å²) >= 11 is 0. The number of hydrogen-bond donors (Lipinski definition) is 1. The highest BCUT2D eigenvalue weighted by Gasteiger charge is 2.22. The Morgan fingerprint density at radius 1 is 0.941 bits per heavy atom. The first-order valence-corrected chi connectivity index (χ1v) is 11.1. The Kier molecular flexibility index (Phi) is 7.01. The molecule has 1 aromatic heterocycles. The monoisotopic (exact) mass is 463 g/mol. The molecule has 1 fully saturated rings. The maximum atomic E-state index is 12.8. The third-order valence-electron chi connectivity index (χ3n) is 5.77. The molecule has 0 spiro atoms. The van der Waals surface area contributed by atoms with Crippen molar-refractivity contribution in [1.82, 2.24) is 9.55 Å². The molecule has 34 heavy (non-hydrogen) atoms. The van der Waals surface area contributed by atoms with Crippen LogP contribution in [-0.2, 0) is 11.3 Å². The molecule has 0 unspecified atom stereocenters. The van der Waals surface area contributed by atoms with E-state index < -0.39 is 0 Å². The number of carbonyl (C=O) groups excluding carboxylic acids is 1. The Hall–Kier alpha value is -4.01. The number of nitrogens with one attached hydrogen (secondary N) is 1. The number of hydrogen-bond acceptors (Lipinski definition) is 7. The lowest BCUT2D eigenvalue weighted by Crippen LogP contribution is -2.48. The smallest absolute Gasteiger partial charge is 0.255 e. The highest BCUT2D eigenvalue weighted by atomic mass is 16.5. The summed E-state index contributed by atoms with van der Waals surface area (Å²) in [4.78, 5) is 34.7. The van der Waals surface area contributed by atoms with Gasteiger partial charge in [0.25, 0.3) is 5.56 Å². The van der Waals surface area contributed by atoms with Crippen LogP contribution in [0.5, 0.6) is 11.5 Å². The third-order valence-corrected chi connectivity index (χ3v) is 5.77. The zero-order valence-corrected chi connectivity index (χ0v) is 19.7. The van der Waals surface area contributed by atoms with Crippen molar-refractivity contribution in [2.75, 3.05) is 55.5 Å². The molecule has 0 saturated carbocycles. The van der Waals surface area contributed by atoms with E-state index in [4.69, 9.17) is 9.47 Å². The highest BCUT2D eigenvalue weighted by Crippen LogP contribution is 2.29.